The molecular weight excluding hydrogens is 181 g/mol. The Labute approximate surface area is 83.0 Å². The van der Waals surface area contributed by atoms with Crippen molar-refractivity contribution in [1.82, 2.24) is 0 Å². The quantitative estimate of drug-likeness (QED) is 0.499. The SMILES string of the molecule is [O-][n+]1cccc(F)c1C1CCCCC1. The molecule has 1 saturated carbocycles. The van der Waals surface area contributed by atoms with Gasteiger partial charge in [0.2, 0.25) is 5.69 Å². The number of halogens is 1. The molecule has 1 aromatic rings. The topological polar surface area (TPSA) is 26.9 Å². The molecule has 0 amide bonds. The van der Waals surface area contributed by atoms with Crippen molar-refractivity contribution in [2.45, 2.75) is 38.0 Å². The van der Waals surface area contributed by atoms with E-state index in [9.17, 15) is 9.60 Å². The fraction of sp³-hybridized carbons (Fsp3) is 0.545. The van der Waals surface area contributed by atoms with E-state index in [0.29, 0.717) is 10.4 Å². The normalized spacial score (nSPS) is 18.4. The predicted molar refractivity (Wildman–Crippen MR) is 51.2 cm³/mol. The van der Waals surface area contributed by atoms with Gasteiger partial charge in [-0.1, -0.05) is 19.3 Å². The van der Waals surface area contributed by atoms with Crippen molar-refractivity contribution in [2.24, 2.45) is 0 Å². The molecule has 2 rings (SSSR count). The third kappa shape index (κ3) is 1.72. The summed E-state index contributed by atoms with van der Waals surface area (Å²) in [5.41, 5.74) is 0.340. The van der Waals surface area contributed by atoms with Gasteiger partial charge in [-0.25, -0.2) is 0 Å². The molecule has 0 aliphatic heterocycles. The van der Waals surface area contributed by atoms with Gasteiger partial charge in [-0.2, -0.15) is 9.12 Å². The van der Waals surface area contributed by atoms with E-state index >= 15 is 0 Å². The van der Waals surface area contributed by atoms with Gasteiger partial charge < -0.3 is 5.21 Å². The van der Waals surface area contributed by atoms with Gasteiger partial charge in [0.05, 0.1) is 0 Å². The van der Waals surface area contributed by atoms with Crippen LogP contribution in [0.4, 0.5) is 4.39 Å². The minimum Gasteiger partial charge on any atom is -0.618 e. The molecule has 0 spiro atoms. The second-order valence-corrected chi connectivity index (χ2v) is 3.90. The molecule has 2 nitrogen and oxygen atoms in total. The Morgan fingerprint density at radius 3 is 2.64 bits per heavy atom. The number of pyridine rings is 1. The standard InChI is InChI=1S/C11H14FNO/c12-10-7-4-8-13(14)11(10)9-5-2-1-3-6-9/h4,7-9H,1-3,5-6H2. The molecular formula is C11H14FNO. The molecule has 3 heteroatoms. The summed E-state index contributed by atoms with van der Waals surface area (Å²) < 4.78 is 14.1. The highest BCUT2D eigenvalue weighted by Gasteiger charge is 2.25. The molecule has 1 aliphatic carbocycles. The highest BCUT2D eigenvalue weighted by Crippen LogP contribution is 2.31. The molecule has 1 heterocycles. The van der Waals surface area contributed by atoms with Gasteiger partial charge in [0.1, 0.15) is 0 Å². The van der Waals surface area contributed by atoms with Crippen LogP contribution in [0.3, 0.4) is 0 Å². The lowest BCUT2D eigenvalue weighted by atomic mass is 9.86. The van der Waals surface area contributed by atoms with Crippen molar-refractivity contribution in [3.05, 3.63) is 35.0 Å². The first-order valence-corrected chi connectivity index (χ1v) is 5.16. The van der Waals surface area contributed by atoms with Gasteiger partial charge in [-0.3, -0.25) is 0 Å². The van der Waals surface area contributed by atoms with E-state index in [4.69, 9.17) is 0 Å². The Morgan fingerprint density at radius 1 is 1.29 bits per heavy atom. The van der Waals surface area contributed by atoms with Crippen LogP contribution in [0.2, 0.25) is 0 Å². The van der Waals surface area contributed by atoms with Gasteiger partial charge in [0, 0.05) is 12.0 Å². The number of aromatic nitrogens is 1. The van der Waals surface area contributed by atoms with E-state index in [1.54, 1.807) is 0 Å². The molecule has 0 N–H and O–H groups in total. The monoisotopic (exact) mass is 195 g/mol. The van der Waals surface area contributed by atoms with E-state index in [-0.39, 0.29) is 11.7 Å². The van der Waals surface area contributed by atoms with Gasteiger partial charge in [0.25, 0.3) is 0 Å². The van der Waals surface area contributed by atoms with E-state index in [1.807, 2.05) is 0 Å². The Bertz CT molecular complexity index is 301. The molecule has 0 unspecified atom stereocenters. The van der Waals surface area contributed by atoms with E-state index in [0.717, 1.165) is 25.7 Å². The largest absolute Gasteiger partial charge is 0.618 e. The Hall–Kier alpha value is -1.12. The first kappa shape index (κ1) is 9.44. The number of nitrogens with zero attached hydrogens (tertiary/aromatic N) is 1. The number of hydrogen-bond donors (Lipinski definition) is 0. The second-order valence-electron chi connectivity index (χ2n) is 3.90. The molecule has 14 heavy (non-hydrogen) atoms. The van der Waals surface area contributed by atoms with Crippen molar-refractivity contribution in [1.29, 1.82) is 0 Å². The van der Waals surface area contributed by atoms with Crippen LogP contribution in [-0.2, 0) is 0 Å². The summed E-state index contributed by atoms with van der Waals surface area (Å²) in [7, 11) is 0. The van der Waals surface area contributed by atoms with E-state index in [2.05, 4.69) is 0 Å². The van der Waals surface area contributed by atoms with Crippen molar-refractivity contribution < 1.29 is 9.12 Å². The summed E-state index contributed by atoms with van der Waals surface area (Å²) >= 11 is 0. The molecule has 0 bridgehead atoms. The highest BCUT2D eigenvalue weighted by molar-refractivity contribution is 5.08. The molecule has 0 atom stereocenters. The van der Waals surface area contributed by atoms with Crippen LogP contribution in [-0.4, -0.2) is 0 Å². The third-order valence-corrected chi connectivity index (χ3v) is 2.94. The van der Waals surface area contributed by atoms with Gasteiger partial charge >= 0.3 is 0 Å². The predicted octanol–water partition coefficient (Wildman–Crippen LogP) is 2.51. The minimum absolute atomic E-state index is 0.127. The summed E-state index contributed by atoms with van der Waals surface area (Å²) in [4.78, 5) is 0. The number of rotatable bonds is 1. The van der Waals surface area contributed by atoms with Crippen LogP contribution in [0.1, 0.15) is 43.7 Å². The Morgan fingerprint density at radius 2 is 2.00 bits per heavy atom. The number of hydrogen-bond acceptors (Lipinski definition) is 1. The Kier molecular flexibility index (Phi) is 2.66. The van der Waals surface area contributed by atoms with Crippen molar-refractivity contribution >= 4 is 0 Å². The zero-order chi connectivity index (χ0) is 9.97. The average Bonchev–Trinajstić information content (AvgIpc) is 2.19. The zero-order valence-electron chi connectivity index (χ0n) is 8.08. The second kappa shape index (κ2) is 3.95. The van der Waals surface area contributed by atoms with Crippen LogP contribution in [0, 0.1) is 11.0 Å². The Balaban J connectivity index is 2.29. The van der Waals surface area contributed by atoms with Crippen molar-refractivity contribution in [2.75, 3.05) is 0 Å². The molecule has 1 fully saturated rings. The maximum absolute atomic E-state index is 13.4. The van der Waals surface area contributed by atoms with Gasteiger partial charge in [-0.15, -0.1) is 0 Å². The zero-order valence-corrected chi connectivity index (χ0v) is 8.08. The van der Waals surface area contributed by atoms with Crippen LogP contribution in [0.25, 0.3) is 0 Å². The molecule has 1 aliphatic rings. The van der Waals surface area contributed by atoms with Crippen LogP contribution in [0.15, 0.2) is 18.3 Å². The highest BCUT2D eigenvalue weighted by atomic mass is 19.1. The maximum Gasteiger partial charge on any atom is 0.231 e. The fourth-order valence-corrected chi connectivity index (χ4v) is 2.23. The molecule has 1 aromatic heterocycles. The van der Waals surface area contributed by atoms with E-state index in [1.165, 1.54) is 24.8 Å². The molecule has 0 saturated heterocycles. The van der Waals surface area contributed by atoms with Gasteiger partial charge in [-0.05, 0) is 18.9 Å². The van der Waals surface area contributed by atoms with E-state index < -0.39 is 0 Å². The summed E-state index contributed by atoms with van der Waals surface area (Å²) in [5, 5.41) is 11.4. The van der Waals surface area contributed by atoms with Crippen LogP contribution < -0.4 is 4.73 Å². The fourth-order valence-electron chi connectivity index (χ4n) is 2.23. The minimum atomic E-state index is -0.352. The first-order chi connectivity index (χ1) is 6.79. The third-order valence-electron chi connectivity index (χ3n) is 2.94. The lowest BCUT2D eigenvalue weighted by molar-refractivity contribution is -0.617. The smallest absolute Gasteiger partial charge is 0.231 e. The maximum atomic E-state index is 13.4. The summed E-state index contributed by atoms with van der Waals surface area (Å²) in [5.74, 6) is -0.225. The van der Waals surface area contributed by atoms with Crippen LogP contribution >= 0.6 is 0 Å². The lowest BCUT2D eigenvalue weighted by Crippen LogP contribution is -2.35. The lowest BCUT2D eigenvalue weighted by Gasteiger charge is -2.20. The molecule has 76 valence electrons. The van der Waals surface area contributed by atoms with Crippen molar-refractivity contribution in [3.63, 3.8) is 0 Å². The van der Waals surface area contributed by atoms with Gasteiger partial charge in [0.15, 0.2) is 12.0 Å². The molecule has 0 aromatic carbocycles. The van der Waals surface area contributed by atoms with Crippen molar-refractivity contribution in [3.8, 4) is 0 Å². The van der Waals surface area contributed by atoms with Crippen LogP contribution in [0.5, 0.6) is 0 Å². The summed E-state index contributed by atoms with van der Waals surface area (Å²) in [6, 6.07) is 2.83. The summed E-state index contributed by atoms with van der Waals surface area (Å²) in [6.07, 6.45) is 6.71. The first-order valence-electron chi connectivity index (χ1n) is 5.16. The molecule has 0 radical (unpaired) electrons. The summed E-state index contributed by atoms with van der Waals surface area (Å²) in [6.45, 7) is 0. The average molecular weight is 195 g/mol.